The van der Waals surface area contributed by atoms with Crippen molar-refractivity contribution < 1.29 is 9.13 Å². The zero-order chi connectivity index (χ0) is 13.5. The number of ether oxygens (including phenoxy) is 1. The molecule has 0 fully saturated rings. The van der Waals surface area contributed by atoms with Crippen molar-refractivity contribution in [2.45, 2.75) is 6.54 Å². The van der Waals surface area contributed by atoms with Gasteiger partial charge in [-0.25, -0.2) is 4.39 Å². The van der Waals surface area contributed by atoms with E-state index in [1.165, 1.54) is 12.1 Å². The minimum absolute atomic E-state index is 0.207. The van der Waals surface area contributed by atoms with Crippen molar-refractivity contribution in [3.8, 4) is 5.75 Å². The molecule has 0 aromatic heterocycles. The minimum Gasteiger partial charge on any atom is -0.492 e. The lowest BCUT2D eigenvalue weighted by Crippen LogP contribution is -2.20. The van der Waals surface area contributed by atoms with Crippen molar-refractivity contribution >= 4 is 15.9 Å². The summed E-state index contributed by atoms with van der Waals surface area (Å²) < 4.78 is 19.3. The largest absolute Gasteiger partial charge is 0.492 e. The second-order valence-corrected chi connectivity index (χ2v) is 5.02. The predicted octanol–water partition coefficient (Wildman–Crippen LogP) is 3.76. The number of nitrogens with one attached hydrogen (secondary N) is 1. The molecule has 0 radical (unpaired) electrons. The molecule has 0 heterocycles. The van der Waals surface area contributed by atoms with Crippen LogP contribution < -0.4 is 10.1 Å². The van der Waals surface area contributed by atoms with E-state index < -0.39 is 0 Å². The van der Waals surface area contributed by atoms with Gasteiger partial charge in [-0.2, -0.15) is 0 Å². The van der Waals surface area contributed by atoms with Gasteiger partial charge in [0.05, 0.1) is 0 Å². The van der Waals surface area contributed by atoms with Crippen LogP contribution in [0.4, 0.5) is 4.39 Å². The fourth-order valence-corrected chi connectivity index (χ4v) is 2.01. The fraction of sp³-hybridized carbons (Fsp3) is 0.200. The summed E-state index contributed by atoms with van der Waals surface area (Å²) in [5, 5.41) is 3.25. The van der Waals surface area contributed by atoms with Crippen molar-refractivity contribution in [1.29, 1.82) is 0 Å². The van der Waals surface area contributed by atoms with E-state index in [1.807, 2.05) is 24.3 Å². The molecule has 4 heteroatoms. The Morgan fingerprint density at radius 1 is 1.11 bits per heavy atom. The first kappa shape index (κ1) is 14.0. The molecule has 2 aromatic carbocycles. The molecule has 2 rings (SSSR count). The Morgan fingerprint density at radius 3 is 2.63 bits per heavy atom. The van der Waals surface area contributed by atoms with Crippen LogP contribution in [0.25, 0.3) is 0 Å². The van der Waals surface area contributed by atoms with Gasteiger partial charge < -0.3 is 10.1 Å². The van der Waals surface area contributed by atoms with E-state index in [1.54, 1.807) is 12.1 Å². The van der Waals surface area contributed by atoms with Gasteiger partial charge in [-0.05, 0) is 35.9 Å². The van der Waals surface area contributed by atoms with Gasteiger partial charge in [0, 0.05) is 17.6 Å². The molecule has 2 nitrogen and oxygen atoms in total. The molecule has 0 bridgehead atoms. The minimum atomic E-state index is -0.207. The van der Waals surface area contributed by atoms with Gasteiger partial charge in [0.1, 0.15) is 18.2 Å². The van der Waals surface area contributed by atoms with E-state index in [0.29, 0.717) is 13.2 Å². The number of hydrogen-bond acceptors (Lipinski definition) is 2. The summed E-state index contributed by atoms with van der Waals surface area (Å²) in [7, 11) is 0. The highest BCUT2D eigenvalue weighted by atomic mass is 79.9. The summed E-state index contributed by atoms with van der Waals surface area (Å²) in [6, 6.07) is 14.2. The Balaban J connectivity index is 1.66. The topological polar surface area (TPSA) is 21.3 Å². The van der Waals surface area contributed by atoms with Crippen LogP contribution in [0.1, 0.15) is 5.56 Å². The van der Waals surface area contributed by atoms with E-state index in [9.17, 15) is 4.39 Å². The number of rotatable bonds is 6. The Kier molecular flexibility index (Phi) is 5.36. The Bertz CT molecular complexity index is 516. The van der Waals surface area contributed by atoms with Crippen molar-refractivity contribution in [3.63, 3.8) is 0 Å². The lowest BCUT2D eigenvalue weighted by molar-refractivity contribution is 0.313. The molecule has 0 aliphatic carbocycles. The van der Waals surface area contributed by atoms with Gasteiger partial charge in [0.25, 0.3) is 0 Å². The highest BCUT2D eigenvalue weighted by Crippen LogP contribution is 2.17. The normalized spacial score (nSPS) is 10.4. The van der Waals surface area contributed by atoms with Crippen LogP contribution >= 0.6 is 15.9 Å². The van der Waals surface area contributed by atoms with E-state index >= 15 is 0 Å². The quantitative estimate of drug-likeness (QED) is 0.817. The van der Waals surface area contributed by atoms with E-state index in [-0.39, 0.29) is 5.82 Å². The molecule has 0 saturated carbocycles. The molecule has 19 heavy (non-hydrogen) atoms. The third-order valence-electron chi connectivity index (χ3n) is 2.59. The SMILES string of the molecule is Fc1ccc(CNCCOc2cccc(Br)c2)cc1. The Morgan fingerprint density at radius 2 is 1.89 bits per heavy atom. The highest BCUT2D eigenvalue weighted by molar-refractivity contribution is 9.10. The average Bonchev–Trinajstić information content (AvgIpc) is 2.41. The Labute approximate surface area is 120 Å². The van der Waals surface area contributed by atoms with Crippen LogP contribution in [0, 0.1) is 5.82 Å². The summed E-state index contributed by atoms with van der Waals surface area (Å²) in [4.78, 5) is 0. The smallest absolute Gasteiger partial charge is 0.123 e. The molecule has 0 atom stereocenters. The maximum Gasteiger partial charge on any atom is 0.123 e. The molecule has 100 valence electrons. The summed E-state index contributed by atoms with van der Waals surface area (Å²) >= 11 is 3.39. The second-order valence-electron chi connectivity index (χ2n) is 4.11. The van der Waals surface area contributed by atoms with Gasteiger partial charge in [-0.1, -0.05) is 34.1 Å². The maximum absolute atomic E-state index is 12.7. The fourth-order valence-electron chi connectivity index (χ4n) is 1.63. The van der Waals surface area contributed by atoms with Gasteiger partial charge >= 0.3 is 0 Å². The Hall–Kier alpha value is -1.39. The molecule has 1 N–H and O–H groups in total. The molecule has 0 spiro atoms. The number of halogens is 2. The van der Waals surface area contributed by atoms with Crippen molar-refractivity contribution in [3.05, 3.63) is 64.4 Å². The molecule has 0 aliphatic rings. The van der Waals surface area contributed by atoms with Gasteiger partial charge in [0.15, 0.2) is 0 Å². The molecule has 0 unspecified atom stereocenters. The molecular formula is C15H15BrFNO. The molecule has 0 amide bonds. The highest BCUT2D eigenvalue weighted by Gasteiger charge is 1.96. The van der Waals surface area contributed by atoms with Crippen molar-refractivity contribution in [2.75, 3.05) is 13.2 Å². The summed E-state index contributed by atoms with van der Waals surface area (Å²) in [6.07, 6.45) is 0. The summed E-state index contributed by atoms with van der Waals surface area (Å²) in [6.45, 7) is 2.05. The third kappa shape index (κ3) is 5.01. The second kappa shape index (κ2) is 7.26. The molecule has 2 aromatic rings. The van der Waals surface area contributed by atoms with Crippen LogP contribution in [0.5, 0.6) is 5.75 Å². The molecule has 0 saturated heterocycles. The molecule has 0 aliphatic heterocycles. The lowest BCUT2D eigenvalue weighted by Gasteiger charge is -2.08. The molecular weight excluding hydrogens is 309 g/mol. The van der Waals surface area contributed by atoms with Gasteiger partial charge in [-0.15, -0.1) is 0 Å². The summed E-state index contributed by atoms with van der Waals surface area (Å²) in [5.74, 6) is 0.639. The van der Waals surface area contributed by atoms with E-state index in [0.717, 1.165) is 22.3 Å². The first-order valence-corrected chi connectivity index (χ1v) is 6.87. The van der Waals surface area contributed by atoms with Crippen LogP contribution in [-0.4, -0.2) is 13.2 Å². The first-order chi connectivity index (χ1) is 9.24. The summed E-state index contributed by atoms with van der Waals surface area (Å²) in [5.41, 5.74) is 1.06. The third-order valence-corrected chi connectivity index (χ3v) is 3.08. The zero-order valence-corrected chi connectivity index (χ0v) is 12.0. The van der Waals surface area contributed by atoms with Crippen molar-refractivity contribution in [2.24, 2.45) is 0 Å². The van der Waals surface area contributed by atoms with Crippen LogP contribution in [0.15, 0.2) is 53.0 Å². The van der Waals surface area contributed by atoms with Crippen LogP contribution in [-0.2, 0) is 6.54 Å². The van der Waals surface area contributed by atoms with Crippen LogP contribution in [0.2, 0.25) is 0 Å². The lowest BCUT2D eigenvalue weighted by atomic mass is 10.2. The number of hydrogen-bond donors (Lipinski definition) is 1. The van der Waals surface area contributed by atoms with Crippen LogP contribution in [0.3, 0.4) is 0 Å². The van der Waals surface area contributed by atoms with E-state index in [2.05, 4.69) is 21.2 Å². The first-order valence-electron chi connectivity index (χ1n) is 6.07. The van der Waals surface area contributed by atoms with Gasteiger partial charge in [-0.3, -0.25) is 0 Å². The number of benzene rings is 2. The predicted molar refractivity (Wildman–Crippen MR) is 77.7 cm³/mol. The van der Waals surface area contributed by atoms with E-state index in [4.69, 9.17) is 4.74 Å². The average molecular weight is 324 g/mol. The van der Waals surface area contributed by atoms with Gasteiger partial charge in [0.2, 0.25) is 0 Å². The zero-order valence-electron chi connectivity index (χ0n) is 10.4. The monoisotopic (exact) mass is 323 g/mol. The maximum atomic E-state index is 12.7. The van der Waals surface area contributed by atoms with Crippen molar-refractivity contribution in [1.82, 2.24) is 5.32 Å². The standard InChI is InChI=1S/C15H15BrFNO/c16-13-2-1-3-15(10-13)19-9-8-18-11-12-4-6-14(17)7-5-12/h1-7,10,18H,8-9,11H2.